The Morgan fingerprint density at radius 3 is 2.14 bits per heavy atom. The van der Waals surface area contributed by atoms with Crippen molar-refractivity contribution in [3.63, 3.8) is 0 Å². The number of alkyl halides is 1. The summed E-state index contributed by atoms with van der Waals surface area (Å²) in [7, 11) is -4.95. The molecule has 1 atom stereocenters. The summed E-state index contributed by atoms with van der Waals surface area (Å²) in [5, 5.41) is 27.5. The molecule has 3 aliphatic rings. The van der Waals surface area contributed by atoms with E-state index in [4.69, 9.17) is 20.9 Å². The highest BCUT2D eigenvalue weighted by atomic mass is 35.5. The smallest absolute Gasteiger partial charge is 0.441 e. The fourth-order valence-corrected chi connectivity index (χ4v) is 9.73. The van der Waals surface area contributed by atoms with Crippen molar-refractivity contribution in [1.29, 1.82) is 0 Å². The Balaban J connectivity index is 0.991. The zero-order valence-corrected chi connectivity index (χ0v) is 39.7. The monoisotopic (exact) mass is 1010 g/mol. The highest BCUT2D eigenvalue weighted by molar-refractivity contribution is 7.46. The standard InChI is InChI=1S/C51H49ClN5O13P/c52-29-33-30-57(41-28-42(69-51(64)65)37-10-5-6-11-38(37)50(33)41)49(63)17-14-31-13-15-32(39(26-31)54-45(59)21-23-53-44(58)12-2-1-7-24-56-47(61)19-20-48(56)62)16-18-46(60)55-25-22-35-34-8-3-4-9-36(34)43(27-40(35)55)70-71(66,67)68/h3-6,8-11,13-20,26-28,33,51,64-65H,1-2,7,12,21-25,29-30H2,(H,53,58)(H,54,59)(H2,66,67,68)/b17-14+,18-16+/t33-/m1/s1. The summed E-state index contributed by atoms with van der Waals surface area (Å²) in [4.78, 5) is 101. The quantitative estimate of drug-likeness (QED) is 0.0138. The minimum atomic E-state index is -4.95. The van der Waals surface area contributed by atoms with Crippen LogP contribution in [0.1, 0.15) is 60.3 Å². The zero-order valence-electron chi connectivity index (χ0n) is 38.0. The maximum Gasteiger partial charge on any atom is 0.524 e. The van der Waals surface area contributed by atoms with Crippen LogP contribution < -0.4 is 29.7 Å². The van der Waals surface area contributed by atoms with Crippen molar-refractivity contribution in [3.8, 4) is 11.5 Å². The number of hydrogen-bond acceptors (Lipinski definition) is 11. The topological polar surface area (TPSA) is 253 Å². The summed E-state index contributed by atoms with van der Waals surface area (Å²) in [5.74, 6) is -2.27. The predicted octanol–water partition coefficient (Wildman–Crippen LogP) is 6.03. The van der Waals surface area contributed by atoms with Crippen LogP contribution in [0.15, 0.2) is 103 Å². The number of rotatable bonds is 19. The molecule has 3 heterocycles. The number of ether oxygens (including phenoxy) is 1. The number of fused-ring (bicyclic) bond motifs is 6. The van der Waals surface area contributed by atoms with Crippen LogP contribution in [0, 0.1) is 0 Å². The summed E-state index contributed by atoms with van der Waals surface area (Å²) < 4.78 is 22.3. The second-order valence-electron chi connectivity index (χ2n) is 17.0. The van der Waals surface area contributed by atoms with Gasteiger partial charge in [-0.25, -0.2) is 4.57 Å². The molecular weight excluding hydrogens is 957 g/mol. The number of phosphoric ester groups is 1. The van der Waals surface area contributed by atoms with Crippen LogP contribution in [0.5, 0.6) is 11.5 Å². The Morgan fingerprint density at radius 2 is 1.44 bits per heavy atom. The maximum absolute atomic E-state index is 14.0. The average molecular weight is 1010 g/mol. The van der Waals surface area contributed by atoms with Gasteiger partial charge in [0, 0.05) is 104 Å². The molecular formula is C51H49ClN5O13P. The van der Waals surface area contributed by atoms with Crippen LogP contribution in [0.3, 0.4) is 0 Å². The molecule has 0 spiro atoms. The van der Waals surface area contributed by atoms with Crippen molar-refractivity contribution in [2.75, 3.05) is 47.2 Å². The van der Waals surface area contributed by atoms with Crippen molar-refractivity contribution in [2.24, 2.45) is 0 Å². The van der Waals surface area contributed by atoms with E-state index in [9.17, 15) is 53.3 Å². The second kappa shape index (κ2) is 21.9. The number of aliphatic hydroxyl groups excluding tert-OH is 1. The largest absolute Gasteiger partial charge is 0.524 e. The lowest BCUT2D eigenvalue weighted by atomic mass is 9.95. The van der Waals surface area contributed by atoms with Gasteiger partial charge in [0.25, 0.3) is 23.6 Å². The highest BCUT2D eigenvalue weighted by Gasteiger charge is 2.34. The first-order valence-electron chi connectivity index (χ1n) is 22.8. The Hall–Kier alpha value is -7.18. The van der Waals surface area contributed by atoms with E-state index in [-0.39, 0.29) is 85.7 Å². The number of halogens is 1. The number of unbranched alkanes of at least 4 members (excludes halogenated alkanes) is 2. The van der Waals surface area contributed by atoms with Crippen molar-refractivity contribution in [3.05, 3.63) is 125 Å². The van der Waals surface area contributed by atoms with Crippen LogP contribution in [0.2, 0.25) is 0 Å². The van der Waals surface area contributed by atoms with E-state index in [1.54, 1.807) is 66.7 Å². The molecule has 0 fully saturated rings. The molecule has 71 heavy (non-hydrogen) atoms. The maximum atomic E-state index is 14.0. The lowest BCUT2D eigenvalue weighted by Crippen LogP contribution is -2.31. The number of phosphoric acid groups is 1. The number of amides is 6. The number of anilines is 3. The van der Waals surface area contributed by atoms with Gasteiger partial charge in [-0.3, -0.25) is 43.5 Å². The number of hydrogen-bond donors (Lipinski definition) is 6. The van der Waals surface area contributed by atoms with Gasteiger partial charge in [0.05, 0.1) is 11.4 Å². The summed E-state index contributed by atoms with van der Waals surface area (Å²) in [6.07, 6.45) is 10.4. The van der Waals surface area contributed by atoms with Gasteiger partial charge < -0.3 is 39.9 Å². The minimum absolute atomic E-state index is 0.0154. The molecule has 0 aliphatic carbocycles. The first kappa shape index (κ1) is 50.2. The third-order valence-electron chi connectivity index (χ3n) is 12.3. The summed E-state index contributed by atoms with van der Waals surface area (Å²) >= 11 is 6.43. The van der Waals surface area contributed by atoms with Gasteiger partial charge in [-0.2, -0.15) is 0 Å². The fourth-order valence-electron chi connectivity index (χ4n) is 9.07. The van der Waals surface area contributed by atoms with E-state index >= 15 is 0 Å². The van der Waals surface area contributed by atoms with Crippen molar-refractivity contribution in [1.82, 2.24) is 10.2 Å². The van der Waals surface area contributed by atoms with E-state index in [1.165, 1.54) is 46.2 Å². The van der Waals surface area contributed by atoms with Gasteiger partial charge in [0.1, 0.15) is 11.5 Å². The van der Waals surface area contributed by atoms with Crippen LogP contribution >= 0.6 is 19.4 Å². The van der Waals surface area contributed by atoms with Crippen LogP contribution in [0.25, 0.3) is 33.7 Å². The summed E-state index contributed by atoms with van der Waals surface area (Å²) in [6, 6.07) is 22.2. The molecule has 5 aromatic carbocycles. The van der Waals surface area contributed by atoms with Gasteiger partial charge >= 0.3 is 14.3 Å². The molecule has 5 aromatic rings. The molecule has 8 rings (SSSR count). The number of carbonyl (C=O) groups is 6. The first-order chi connectivity index (χ1) is 34.1. The Kier molecular flexibility index (Phi) is 15.5. The number of aliphatic hydroxyl groups is 2. The van der Waals surface area contributed by atoms with E-state index in [2.05, 4.69) is 10.6 Å². The van der Waals surface area contributed by atoms with Crippen molar-refractivity contribution in [2.45, 2.75) is 50.9 Å². The van der Waals surface area contributed by atoms with Crippen molar-refractivity contribution < 1.29 is 62.6 Å². The van der Waals surface area contributed by atoms with Crippen LogP contribution in [-0.2, 0) is 39.8 Å². The highest BCUT2D eigenvalue weighted by Crippen LogP contribution is 2.47. The van der Waals surface area contributed by atoms with E-state index in [0.29, 0.717) is 64.3 Å². The molecule has 0 unspecified atom stereocenters. The van der Waals surface area contributed by atoms with Crippen LogP contribution in [0.4, 0.5) is 17.1 Å². The Bertz CT molecular complexity index is 3080. The predicted molar refractivity (Wildman–Crippen MR) is 266 cm³/mol. The van der Waals surface area contributed by atoms with Gasteiger partial charge in [-0.05, 0) is 70.5 Å². The molecule has 6 amide bonds. The number of nitrogens with one attached hydrogen (secondary N) is 2. The van der Waals surface area contributed by atoms with Gasteiger partial charge in [0.15, 0.2) is 0 Å². The molecule has 0 saturated carbocycles. The SMILES string of the molecule is O=C(CCCCCN1C(=O)C=CC1=O)NCCC(=O)Nc1cc(/C=C/C(=O)N2C[C@@H](CCl)c3c2cc(OC(O)O)c2ccccc32)ccc1/C=C/C(=O)N1CCc2c1cc(OP(=O)(O)O)c1ccccc21. The molecule has 0 aromatic heterocycles. The third-order valence-corrected chi connectivity index (χ3v) is 13.1. The third kappa shape index (κ3) is 11.7. The zero-order chi connectivity index (χ0) is 50.4. The minimum Gasteiger partial charge on any atom is -0.441 e. The Morgan fingerprint density at radius 1 is 0.775 bits per heavy atom. The molecule has 0 saturated heterocycles. The van der Waals surface area contributed by atoms with Gasteiger partial charge in [0.2, 0.25) is 11.8 Å². The number of carbonyl (C=O) groups excluding carboxylic acids is 6. The Labute approximate surface area is 412 Å². The van der Waals surface area contributed by atoms with E-state index in [1.807, 2.05) is 12.1 Å². The molecule has 6 N–H and O–H groups in total. The number of nitrogens with zero attached hydrogens (tertiary/aromatic N) is 3. The second-order valence-corrected chi connectivity index (χ2v) is 18.4. The molecule has 3 aliphatic heterocycles. The number of imide groups is 1. The summed E-state index contributed by atoms with van der Waals surface area (Å²) in [5.41, 5.74) is 3.73. The van der Waals surface area contributed by atoms with Crippen LogP contribution in [-0.4, -0.2) is 98.9 Å². The number of benzene rings is 5. The molecule has 0 bridgehead atoms. The lowest BCUT2D eigenvalue weighted by molar-refractivity contribution is -0.178. The molecule has 0 radical (unpaired) electrons. The van der Waals surface area contributed by atoms with Gasteiger partial charge in [-0.15, -0.1) is 11.6 Å². The normalized spacial score (nSPS) is 15.5. The molecule has 20 heteroatoms. The van der Waals surface area contributed by atoms with Crippen molar-refractivity contribution >= 4 is 106 Å². The van der Waals surface area contributed by atoms with E-state index < -0.39 is 32.0 Å². The summed E-state index contributed by atoms with van der Waals surface area (Å²) in [6.45, 7) is -1.31. The fraction of sp³-hybridized carbons (Fsp3) is 0.255. The lowest BCUT2D eigenvalue weighted by Gasteiger charge is -2.19. The first-order valence-corrected chi connectivity index (χ1v) is 24.8. The average Bonchev–Trinajstić information content (AvgIpc) is 4.04. The molecule has 18 nitrogen and oxygen atoms in total. The molecule has 368 valence electrons. The van der Waals surface area contributed by atoms with Gasteiger partial charge in [-0.1, -0.05) is 67.1 Å². The van der Waals surface area contributed by atoms with E-state index in [0.717, 1.165) is 21.4 Å².